The van der Waals surface area contributed by atoms with Crippen LogP contribution in [0.4, 0.5) is 4.39 Å². The van der Waals surface area contributed by atoms with Gasteiger partial charge in [-0.05, 0) is 29.3 Å². The molecular formula is C18H15FN2O2S. The predicted molar refractivity (Wildman–Crippen MR) is 89.8 cm³/mol. The first-order valence-electron chi connectivity index (χ1n) is 7.70. The standard InChI is InChI=1S/C18H15FN2O2S/c19-12-7-5-11(6-8-12)9-20-16(22)15-10-24-18-14-4-2-1-3-13(14)17(23)21(15)18/h1-8,15,18H,9-10H2,(H,20,22)/t15-,18+/m0/s1. The average molecular weight is 342 g/mol. The number of carbonyl (C=O) groups excluding carboxylic acids is 2. The van der Waals surface area contributed by atoms with Gasteiger partial charge in [-0.25, -0.2) is 4.39 Å². The monoisotopic (exact) mass is 342 g/mol. The summed E-state index contributed by atoms with van der Waals surface area (Å²) < 4.78 is 12.9. The van der Waals surface area contributed by atoms with Gasteiger partial charge in [0.25, 0.3) is 5.91 Å². The number of hydrogen-bond donors (Lipinski definition) is 1. The third kappa shape index (κ3) is 2.47. The molecule has 0 saturated carbocycles. The minimum absolute atomic E-state index is 0.0738. The van der Waals surface area contributed by atoms with E-state index in [1.165, 1.54) is 12.1 Å². The van der Waals surface area contributed by atoms with Gasteiger partial charge in [0, 0.05) is 17.9 Å². The van der Waals surface area contributed by atoms with Crippen molar-refractivity contribution in [3.05, 3.63) is 71.0 Å². The lowest BCUT2D eigenvalue weighted by atomic mass is 10.1. The lowest BCUT2D eigenvalue weighted by Crippen LogP contribution is -2.45. The molecule has 2 amide bonds. The van der Waals surface area contributed by atoms with Crippen molar-refractivity contribution in [3.8, 4) is 0 Å². The summed E-state index contributed by atoms with van der Waals surface area (Å²) in [4.78, 5) is 26.8. The quantitative estimate of drug-likeness (QED) is 0.933. The number of fused-ring (bicyclic) bond motifs is 3. The number of thioether (sulfide) groups is 1. The Kier molecular flexibility index (Phi) is 3.76. The summed E-state index contributed by atoms with van der Waals surface area (Å²) in [7, 11) is 0. The molecule has 2 aliphatic rings. The molecule has 4 nitrogen and oxygen atoms in total. The molecule has 0 radical (unpaired) electrons. The van der Waals surface area contributed by atoms with E-state index in [1.807, 2.05) is 24.3 Å². The van der Waals surface area contributed by atoms with Gasteiger partial charge in [0.05, 0.1) is 0 Å². The minimum Gasteiger partial charge on any atom is -0.350 e. The summed E-state index contributed by atoms with van der Waals surface area (Å²) in [5, 5.41) is 2.78. The fourth-order valence-corrected chi connectivity index (χ4v) is 4.62. The fraction of sp³-hybridized carbons (Fsp3) is 0.222. The van der Waals surface area contributed by atoms with Gasteiger partial charge in [-0.3, -0.25) is 9.59 Å². The number of nitrogens with zero attached hydrogens (tertiary/aromatic N) is 1. The normalized spacial score (nSPS) is 21.5. The highest BCUT2D eigenvalue weighted by molar-refractivity contribution is 7.99. The summed E-state index contributed by atoms with van der Waals surface area (Å²) >= 11 is 1.61. The van der Waals surface area contributed by atoms with Gasteiger partial charge in [0.2, 0.25) is 5.91 Å². The molecule has 2 atom stereocenters. The molecule has 1 saturated heterocycles. The van der Waals surface area contributed by atoms with Crippen molar-refractivity contribution in [2.24, 2.45) is 0 Å². The largest absolute Gasteiger partial charge is 0.350 e. The highest BCUT2D eigenvalue weighted by Gasteiger charge is 2.48. The number of benzene rings is 2. The maximum atomic E-state index is 12.9. The molecule has 6 heteroatoms. The zero-order valence-electron chi connectivity index (χ0n) is 12.7. The molecule has 122 valence electrons. The molecule has 0 spiro atoms. The Morgan fingerprint density at radius 1 is 1.21 bits per heavy atom. The lowest BCUT2D eigenvalue weighted by Gasteiger charge is -2.22. The second kappa shape index (κ2) is 5.94. The third-order valence-corrected chi connectivity index (χ3v) is 5.68. The van der Waals surface area contributed by atoms with Crippen molar-refractivity contribution in [3.63, 3.8) is 0 Å². The van der Waals surface area contributed by atoms with Gasteiger partial charge >= 0.3 is 0 Å². The van der Waals surface area contributed by atoms with Crippen molar-refractivity contribution in [2.75, 3.05) is 5.75 Å². The smallest absolute Gasteiger partial charge is 0.256 e. The molecular weight excluding hydrogens is 327 g/mol. The van der Waals surface area contributed by atoms with Crippen molar-refractivity contribution >= 4 is 23.6 Å². The molecule has 1 fully saturated rings. The predicted octanol–water partition coefficient (Wildman–Crippen LogP) is 2.71. The van der Waals surface area contributed by atoms with Crippen LogP contribution in [-0.2, 0) is 11.3 Å². The Morgan fingerprint density at radius 3 is 2.75 bits per heavy atom. The van der Waals surface area contributed by atoms with Crippen LogP contribution in [0.5, 0.6) is 0 Å². The van der Waals surface area contributed by atoms with E-state index < -0.39 is 6.04 Å². The van der Waals surface area contributed by atoms with Gasteiger partial charge in [0.1, 0.15) is 17.2 Å². The molecule has 24 heavy (non-hydrogen) atoms. The Labute approximate surface area is 143 Å². The topological polar surface area (TPSA) is 49.4 Å². The highest BCUT2D eigenvalue weighted by Crippen LogP contribution is 2.47. The molecule has 0 aromatic heterocycles. The second-order valence-corrected chi connectivity index (χ2v) is 6.96. The number of amides is 2. The van der Waals surface area contributed by atoms with E-state index in [0.29, 0.717) is 17.9 Å². The van der Waals surface area contributed by atoms with Crippen LogP contribution in [0.25, 0.3) is 0 Å². The van der Waals surface area contributed by atoms with Crippen LogP contribution < -0.4 is 5.32 Å². The van der Waals surface area contributed by atoms with Crippen molar-refractivity contribution in [1.29, 1.82) is 0 Å². The Morgan fingerprint density at radius 2 is 1.96 bits per heavy atom. The Bertz CT molecular complexity index is 809. The highest BCUT2D eigenvalue weighted by atomic mass is 32.2. The summed E-state index contributed by atoms with van der Waals surface area (Å²) in [5.74, 6) is 0.0264. The zero-order chi connectivity index (χ0) is 16.7. The van der Waals surface area contributed by atoms with E-state index in [1.54, 1.807) is 28.8 Å². The molecule has 2 heterocycles. The minimum atomic E-state index is -0.472. The number of halogens is 1. The van der Waals surface area contributed by atoms with E-state index in [9.17, 15) is 14.0 Å². The van der Waals surface area contributed by atoms with Gasteiger partial charge in [0.15, 0.2) is 0 Å². The summed E-state index contributed by atoms with van der Waals surface area (Å²) in [6.45, 7) is 0.319. The van der Waals surface area contributed by atoms with Crippen LogP contribution in [0.2, 0.25) is 0 Å². The SMILES string of the molecule is O=C(NCc1ccc(F)cc1)[C@@H]1CS[C@@H]2c3ccccc3C(=O)N21. The van der Waals surface area contributed by atoms with E-state index in [0.717, 1.165) is 11.1 Å². The van der Waals surface area contributed by atoms with Crippen LogP contribution in [-0.4, -0.2) is 28.5 Å². The molecule has 1 N–H and O–H groups in total. The van der Waals surface area contributed by atoms with E-state index in [4.69, 9.17) is 0 Å². The first-order valence-corrected chi connectivity index (χ1v) is 8.75. The van der Waals surface area contributed by atoms with Crippen molar-refractivity contribution in [2.45, 2.75) is 18.0 Å². The van der Waals surface area contributed by atoms with Crippen LogP contribution in [0.1, 0.15) is 26.9 Å². The van der Waals surface area contributed by atoms with Gasteiger partial charge < -0.3 is 10.2 Å². The fourth-order valence-electron chi connectivity index (χ4n) is 3.15. The Balaban J connectivity index is 1.47. The third-order valence-electron chi connectivity index (χ3n) is 4.37. The van der Waals surface area contributed by atoms with Crippen LogP contribution in [0.15, 0.2) is 48.5 Å². The van der Waals surface area contributed by atoms with E-state index in [2.05, 4.69) is 5.32 Å². The molecule has 2 aromatic rings. The zero-order valence-corrected chi connectivity index (χ0v) is 13.6. The van der Waals surface area contributed by atoms with Gasteiger partial charge in [-0.15, -0.1) is 11.8 Å². The molecule has 0 aliphatic carbocycles. The van der Waals surface area contributed by atoms with Crippen molar-refractivity contribution < 1.29 is 14.0 Å². The summed E-state index contributed by atoms with van der Waals surface area (Å²) in [6, 6.07) is 13.0. The van der Waals surface area contributed by atoms with Gasteiger partial charge in [-0.1, -0.05) is 30.3 Å². The summed E-state index contributed by atoms with van der Waals surface area (Å²) in [5.41, 5.74) is 2.50. The van der Waals surface area contributed by atoms with E-state index in [-0.39, 0.29) is 23.0 Å². The van der Waals surface area contributed by atoms with Crippen molar-refractivity contribution in [1.82, 2.24) is 10.2 Å². The number of rotatable bonds is 3. The number of hydrogen-bond acceptors (Lipinski definition) is 3. The molecule has 2 aromatic carbocycles. The van der Waals surface area contributed by atoms with Crippen LogP contribution >= 0.6 is 11.8 Å². The lowest BCUT2D eigenvalue weighted by molar-refractivity contribution is -0.124. The molecule has 2 aliphatic heterocycles. The second-order valence-electron chi connectivity index (χ2n) is 5.85. The molecule has 0 bridgehead atoms. The van der Waals surface area contributed by atoms with Crippen LogP contribution in [0, 0.1) is 5.82 Å². The average Bonchev–Trinajstić information content (AvgIpc) is 3.15. The van der Waals surface area contributed by atoms with E-state index >= 15 is 0 Å². The Hall–Kier alpha value is -2.34. The molecule has 0 unspecified atom stereocenters. The summed E-state index contributed by atoms with van der Waals surface area (Å²) in [6.07, 6.45) is 0. The number of nitrogens with one attached hydrogen (secondary N) is 1. The van der Waals surface area contributed by atoms with Crippen LogP contribution in [0.3, 0.4) is 0 Å². The maximum Gasteiger partial charge on any atom is 0.256 e. The first kappa shape index (κ1) is 15.2. The number of carbonyl (C=O) groups is 2. The first-order chi connectivity index (χ1) is 11.6. The van der Waals surface area contributed by atoms with Gasteiger partial charge in [-0.2, -0.15) is 0 Å². The molecule has 4 rings (SSSR count). The maximum absolute atomic E-state index is 12.9.